The number of halogens is 1. The molecule has 1 aliphatic heterocycles. The largest absolute Gasteiger partial charge is 0.488 e. The number of rotatable bonds is 5. The molecule has 2 aliphatic rings. The molecule has 1 saturated carbocycles. The molecule has 0 unspecified atom stereocenters. The second kappa shape index (κ2) is 9.79. The lowest BCUT2D eigenvalue weighted by Crippen LogP contribution is -2.46. The minimum Gasteiger partial charge on any atom is -0.488 e. The summed E-state index contributed by atoms with van der Waals surface area (Å²) in [6.07, 6.45) is 1.72. The fraction of sp³-hybridized carbons (Fsp3) is 0.538. The van der Waals surface area contributed by atoms with E-state index in [1.807, 2.05) is 40.7 Å². The first-order valence-electron chi connectivity index (χ1n) is 12.0. The van der Waals surface area contributed by atoms with Crippen LogP contribution in [0.4, 0.5) is 14.9 Å². The maximum atomic E-state index is 13.3. The zero-order valence-corrected chi connectivity index (χ0v) is 20.9. The highest BCUT2D eigenvalue weighted by Gasteiger charge is 2.43. The van der Waals surface area contributed by atoms with E-state index in [0.29, 0.717) is 24.5 Å². The van der Waals surface area contributed by atoms with Crippen LogP contribution >= 0.6 is 0 Å². The van der Waals surface area contributed by atoms with Crippen LogP contribution in [0.3, 0.4) is 0 Å². The summed E-state index contributed by atoms with van der Waals surface area (Å²) < 4.78 is 25.3. The van der Waals surface area contributed by atoms with Crippen molar-refractivity contribution in [3.05, 3.63) is 35.9 Å². The Labute approximate surface area is 205 Å². The Morgan fingerprint density at radius 3 is 2.49 bits per heavy atom. The van der Waals surface area contributed by atoms with Crippen molar-refractivity contribution in [2.45, 2.75) is 71.8 Å². The highest BCUT2D eigenvalue weighted by Crippen LogP contribution is 2.38. The van der Waals surface area contributed by atoms with E-state index in [1.165, 1.54) is 6.33 Å². The molecule has 0 spiro atoms. The number of carbonyl (C=O) groups is 2. The summed E-state index contributed by atoms with van der Waals surface area (Å²) in [6, 6.07) is 5.36. The Balaban J connectivity index is 1.59. The molecule has 8 nitrogen and oxygen atoms in total. The molecule has 1 N–H and O–H groups in total. The summed E-state index contributed by atoms with van der Waals surface area (Å²) in [5, 5.41) is 2.81. The van der Waals surface area contributed by atoms with Gasteiger partial charge in [0.25, 0.3) is 0 Å². The van der Waals surface area contributed by atoms with Crippen molar-refractivity contribution in [1.29, 1.82) is 0 Å². The maximum Gasteiger partial charge on any atom is 0.410 e. The van der Waals surface area contributed by atoms with Gasteiger partial charge in [-0.15, -0.1) is 0 Å². The van der Waals surface area contributed by atoms with Crippen LogP contribution in [0.25, 0.3) is 11.1 Å². The number of benzene rings is 1. The first kappa shape index (κ1) is 24.9. The normalized spacial score (nSPS) is 21.9. The Hall–Kier alpha value is -3.23. The lowest BCUT2D eigenvalue weighted by atomic mass is 10.0. The third kappa shape index (κ3) is 6.07. The van der Waals surface area contributed by atoms with Crippen molar-refractivity contribution in [3.63, 3.8) is 0 Å². The van der Waals surface area contributed by atoms with E-state index in [-0.39, 0.29) is 24.5 Å². The first-order valence-corrected chi connectivity index (χ1v) is 12.0. The van der Waals surface area contributed by atoms with Crippen LogP contribution < -0.4 is 10.1 Å². The molecule has 9 heteroatoms. The van der Waals surface area contributed by atoms with Crippen molar-refractivity contribution in [2.75, 3.05) is 18.4 Å². The highest BCUT2D eigenvalue weighted by molar-refractivity contribution is 5.95. The van der Waals surface area contributed by atoms with E-state index in [4.69, 9.17) is 9.47 Å². The molecule has 35 heavy (non-hydrogen) atoms. The maximum absolute atomic E-state index is 13.3. The number of aryl methyl sites for hydroxylation is 2. The molecule has 2 heterocycles. The van der Waals surface area contributed by atoms with Crippen molar-refractivity contribution in [2.24, 2.45) is 5.92 Å². The molecule has 4 rings (SSSR count). The predicted molar refractivity (Wildman–Crippen MR) is 130 cm³/mol. The number of amides is 2. The molecule has 0 bridgehead atoms. The lowest BCUT2D eigenvalue weighted by Gasteiger charge is -2.34. The fourth-order valence-electron chi connectivity index (χ4n) is 4.27. The number of nitrogens with one attached hydrogen (secondary N) is 1. The van der Waals surface area contributed by atoms with E-state index in [1.54, 1.807) is 17.0 Å². The Bertz CT molecular complexity index is 1100. The Morgan fingerprint density at radius 1 is 1.17 bits per heavy atom. The molecular weight excluding hydrogens is 451 g/mol. The van der Waals surface area contributed by atoms with Crippen molar-refractivity contribution in [1.82, 2.24) is 14.9 Å². The molecule has 2 amide bonds. The molecular formula is C26H33FN4O4. The quantitative estimate of drug-likeness (QED) is 0.653. The number of piperidine rings is 1. The topological polar surface area (TPSA) is 93.6 Å². The number of likely N-dealkylation sites (tertiary alicyclic amines) is 1. The Morgan fingerprint density at radius 2 is 1.86 bits per heavy atom. The van der Waals surface area contributed by atoms with E-state index in [0.717, 1.165) is 35.4 Å². The van der Waals surface area contributed by atoms with Gasteiger partial charge in [0.15, 0.2) is 0 Å². The van der Waals surface area contributed by atoms with Crippen molar-refractivity contribution >= 4 is 17.7 Å². The molecule has 2 fully saturated rings. The van der Waals surface area contributed by atoms with Gasteiger partial charge in [0.1, 0.15) is 30.0 Å². The van der Waals surface area contributed by atoms with Crippen molar-refractivity contribution < 1.29 is 23.5 Å². The monoisotopic (exact) mass is 484 g/mol. The van der Waals surface area contributed by atoms with E-state index in [2.05, 4.69) is 15.3 Å². The molecule has 2 aromatic rings. The van der Waals surface area contributed by atoms with E-state index in [9.17, 15) is 14.0 Å². The summed E-state index contributed by atoms with van der Waals surface area (Å²) in [5.41, 5.74) is 3.09. The highest BCUT2D eigenvalue weighted by atomic mass is 19.1. The number of aromatic nitrogens is 2. The van der Waals surface area contributed by atoms with Crippen LogP contribution in [-0.4, -0.2) is 57.8 Å². The van der Waals surface area contributed by atoms with Crippen LogP contribution in [0.2, 0.25) is 0 Å². The van der Waals surface area contributed by atoms with Gasteiger partial charge >= 0.3 is 6.09 Å². The molecule has 1 saturated heterocycles. The Kier molecular flexibility index (Phi) is 6.96. The van der Waals surface area contributed by atoms with Crippen LogP contribution in [0.5, 0.6) is 5.75 Å². The predicted octanol–water partition coefficient (Wildman–Crippen LogP) is 4.84. The standard InChI is InChI=1S/C26H33FN4O4/c1-15-23(16(2)29-14-28-15)20-11-17(30-24(32)19-12-21(19)27)8-9-22(20)34-18-7-6-10-31(13-18)25(33)35-26(3,4)5/h8-9,11,14,18-19,21H,6-7,10,12-13H2,1-5H3,(H,30,32)/t18-,19-,21-/m1/s1. The summed E-state index contributed by atoms with van der Waals surface area (Å²) in [5.74, 6) is -0.302. The van der Waals surface area contributed by atoms with Crippen LogP contribution in [0.15, 0.2) is 24.5 Å². The first-order chi connectivity index (χ1) is 16.5. The lowest BCUT2D eigenvalue weighted by molar-refractivity contribution is -0.117. The summed E-state index contributed by atoms with van der Waals surface area (Å²) in [4.78, 5) is 35.3. The third-order valence-corrected chi connectivity index (χ3v) is 6.12. The van der Waals surface area contributed by atoms with Gasteiger partial charge in [-0.1, -0.05) is 0 Å². The average molecular weight is 485 g/mol. The molecule has 1 aromatic carbocycles. The molecule has 3 atom stereocenters. The van der Waals surface area contributed by atoms with Crippen LogP contribution in [-0.2, 0) is 9.53 Å². The minimum atomic E-state index is -1.07. The molecule has 1 aromatic heterocycles. The average Bonchev–Trinajstić information content (AvgIpc) is 3.51. The minimum absolute atomic E-state index is 0.223. The van der Waals surface area contributed by atoms with Gasteiger partial charge in [-0.25, -0.2) is 19.2 Å². The molecule has 1 aliphatic carbocycles. The molecule has 188 valence electrons. The number of nitrogens with zero attached hydrogens (tertiary/aromatic N) is 3. The van der Waals surface area contributed by atoms with Gasteiger partial charge < -0.3 is 19.7 Å². The smallest absolute Gasteiger partial charge is 0.410 e. The van der Waals surface area contributed by atoms with Crippen LogP contribution in [0.1, 0.15) is 51.4 Å². The number of hydrogen-bond donors (Lipinski definition) is 1. The molecule has 0 radical (unpaired) electrons. The SMILES string of the molecule is Cc1ncnc(C)c1-c1cc(NC(=O)[C@@H]2C[C@H]2F)ccc1O[C@@H]1CCCN(C(=O)OC(C)(C)C)C1. The van der Waals surface area contributed by atoms with Gasteiger partial charge in [0.2, 0.25) is 5.91 Å². The summed E-state index contributed by atoms with van der Waals surface area (Å²) >= 11 is 0. The van der Waals surface area contributed by atoms with Gasteiger partial charge in [0, 0.05) is 34.7 Å². The third-order valence-electron chi connectivity index (χ3n) is 6.12. The van der Waals surface area contributed by atoms with Gasteiger partial charge in [0.05, 0.1) is 12.5 Å². The van der Waals surface area contributed by atoms with Gasteiger partial charge in [-0.2, -0.15) is 0 Å². The van der Waals surface area contributed by atoms with Crippen molar-refractivity contribution in [3.8, 4) is 16.9 Å². The number of hydrogen-bond acceptors (Lipinski definition) is 6. The second-order valence-electron chi connectivity index (χ2n) is 10.3. The number of alkyl halides is 1. The number of carbonyl (C=O) groups excluding carboxylic acids is 2. The summed E-state index contributed by atoms with van der Waals surface area (Å²) in [6.45, 7) is 10.4. The number of ether oxygens (including phenoxy) is 2. The van der Waals surface area contributed by atoms with E-state index >= 15 is 0 Å². The van der Waals surface area contributed by atoms with Gasteiger partial charge in [-0.05, 0) is 72.1 Å². The van der Waals surface area contributed by atoms with E-state index < -0.39 is 17.7 Å². The zero-order valence-electron chi connectivity index (χ0n) is 20.9. The van der Waals surface area contributed by atoms with Gasteiger partial charge in [-0.3, -0.25) is 4.79 Å². The number of anilines is 1. The summed E-state index contributed by atoms with van der Waals surface area (Å²) in [7, 11) is 0. The van der Waals surface area contributed by atoms with Crippen LogP contribution in [0, 0.1) is 19.8 Å². The fourth-order valence-corrected chi connectivity index (χ4v) is 4.27. The zero-order chi connectivity index (χ0) is 25.3. The second-order valence-corrected chi connectivity index (χ2v) is 10.3.